The maximum atomic E-state index is 12.4. The van der Waals surface area contributed by atoms with Crippen LogP contribution in [0.25, 0.3) is 0 Å². The Hall–Kier alpha value is -0.330. The largest absolute Gasteiger partial charge is 0.326 e. The highest BCUT2D eigenvalue weighted by atomic mass is 35.5. The van der Waals surface area contributed by atoms with Crippen LogP contribution in [0, 0.1) is 6.92 Å². The molecule has 2 rings (SSSR count). The van der Waals surface area contributed by atoms with E-state index < -0.39 is 10.0 Å². The van der Waals surface area contributed by atoms with Gasteiger partial charge in [-0.15, -0.1) is 12.4 Å². The molecule has 1 unspecified atom stereocenters. The standard InChI is InChI=1S/C11H15ClN2O2S.ClH/c1-8-10(12)3-2-4-11(8)17(15,16)14-6-5-9(13)7-14;/h2-4,9H,5-7,13H2,1H3;1H. The van der Waals surface area contributed by atoms with Crippen molar-refractivity contribution in [3.05, 3.63) is 28.8 Å². The molecule has 1 atom stereocenters. The summed E-state index contributed by atoms with van der Waals surface area (Å²) in [6.45, 7) is 2.58. The number of halogens is 2. The van der Waals surface area contributed by atoms with Crippen LogP contribution in [0.2, 0.25) is 5.02 Å². The minimum absolute atomic E-state index is 0. The average Bonchev–Trinajstić information content (AvgIpc) is 2.69. The topological polar surface area (TPSA) is 63.4 Å². The molecule has 2 N–H and O–H groups in total. The molecule has 1 aliphatic heterocycles. The Morgan fingerprint density at radius 3 is 2.67 bits per heavy atom. The number of benzene rings is 1. The highest BCUT2D eigenvalue weighted by Crippen LogP contribution is 2.27. The third kappa shape index (κ3) is 2.81. The second-order valence-electron chi connectivity index (χ2n) is 4.27. The fraction of sp³-hybridized carbons (Fsp3) is 0.455. The number of nitrogens with zero attached hydrogens (tertiary/aromatic N) is 1. The first-order valence-electron chi connectivity index (χ1n) is 5.44. The summed E-state index contributed by atoms with van der Waals surface area (Å²) in [7, 11) is -3.46. The second-order valence-corrected chi connectivity index (χ2v) is 6.59. The van der Waals surface area contributed by atoms with Crippen molar-refractivity contribution in [2.75, 3.05) is 13.1 Å². The number of hydrogen-bond acceptors (Lipinski definition) is 3. The molecule has 0 spiro atoms. The van der Waals surface area contributed by atoms with E-state index in [0.717, 1.165) is 0 Å². The minimum Gasteiger partial charge on any atom is -0.326 e. The van der Waals surface area contributed by atoms with Crippen molar-refractivity contribution in [3.8, 4) is 0 Å². The van der Waals surface area contributed by atoms with E-state index in [9.17, 15) is 8.42 Å². The first-order chi connectivity index (χ1) is 7.93. The van der Waals surface area contributed by atoms with Gasteiger partial charge in [0.05, 0.1) is 4.90 Å². The Morgan fingerprint density at radius 2 is 2.11 bits per heavy atom. The molecule has 1 fully saturated rings. The molecule has 1 saturated heterocycles. The van der Waals surface area contributed by atoms with E-state index >= 15 is 0 Å². The summed E-state index contributed by atoms with van der Waals surface area (Å²) in [5.41, 5.74) is 6.33. The zero-order chi connectivity index (χ0) is 12.6. The summed E-state index contributed by atoms with van der Waals surface area (Å²) in [4.78, 5) is 0.277. The van der Waals surface area contributed by atoms with Crippen LogP contribution in [0.5, 0.6) is 0 Å². The summed E-state index contributed by atoms with van der Waals surface area (Å²) in [6.07, 6.45) is 0.707. The van der Waals surface area contributed by atoms with Crippen molar-refractivity contribution < 1.29 is 8.42 Å². The van der Waals surface area contributed by atoms with Crippen LogP contribution >= 0.6 is 24.0 Å². The lowest BCUT2D eigenvalue weighted by Crippen LogP contribution is -2.32. The van der Waals surface area contributed by atoms with Gasteiger partial charge in [0.25, 0.3) is 0 Å². The molecule has 7 heteroatoms. The third-order valence-corrected chi connectivity index (χ3v) is 5.44. The predicted octanol–water partition coefficient (Wildman–Crippen LogP) is 1.79. The van der Waals surface area contributed by atoms with Gasteiger partial charge in [0, 0.05) is 24.2 Å². The zero-order valence-corrected chi connectivity index (χ0v) is 12.4. The molecule has 0 aliphatic carbocycles. The summed E-state index contributed by atoms with van der Waals surface area (Å²) >= 11 is 5.95. The third-order valence-electron chi connectivity index (χ3n) is 3.02. The first kappa shape index (κ1) is 15.7. The van der Waals surface area contributed by atoms with Crippen molar-refractivity contribution in [3.63, 3.8) is 0 Å². The van der Waals surface area contributed by atoms with E-state index in [-0.39, 0.29) is 23.3 Å². The molecule has 1 aliphatic rings. The molecule has 4 nitrogen and oxygen atoms in total. The molecule has 0 amide bonds. The lowest BCUT2D eigenvalue weighted by molar-refractivity contribution is 0.472. The van der Waals surface area contributed by atoms with Crippen LogP contribution in [0.15, 0.2) is 23.1 Å². The van der Waals surface area contributed by atoms with Crippen molar-refractivity contribution in [1.82, 2.24) is 4.31 Å². The number of hydrogen-bond donors (Lipinski definition) is 1. The smallest absolute Gasteiger partial charge is 0.243 e. The summed E-state index contributed by atoms with van der Waals surface area (Å²) in [5.74, 6) is 0. The average molecular weight is 311 g/mol. The van der Waals surface area contributed by atoms with Gasteiger partial charge < -0.3 is 5.73 Å². The van der Waals surface area contributed by atoms with Gasteiger partial charge in [-0.3, -0.25) is 0 Å². The van der Waals surface area contributed by atoms with Gasteiger partial charge in [0.1, 0.15) is 0 Å². The first-order valence-corrected chi connectivity index (χ1v) is 7.25. The van der Waals surface area contributed by atoms with Crippen LogP contribution in [0.4, 0.5) is 0 Å². The van der Waals surface area contributed by atoms with Gasteiger partial charge in [-0.2, -0.15) is 4.31 Å². The zero-order valence-electron chi connectivity index (χ0n) is 9.97. The molecule has 0 saturated carbocycles. The molecule has 0 aromatic heterocycles. The predicted molar refractivity (Wildman–Crippen MR) is 74.8 cm³/mol. The SMILES string of the molecule is Cc1c(Cl)cccc1S(=O)(=O)N1CCC(N)C1.Cl. The Labute approximate surface area is 119 Å². The van der Waals surface area contributed by atoms with E-state index in [4.69, 9.17) is 17.3 Å². The van der Waals surface area contributed by atoms with Gasteiger partial charge in [-0.1, -0.05) is 17.7 Å². The molecule has 18 heavy (non-hydrogen) atoms. The Bertz CT molecular complexity index is 534. The molecule has 1 heterocycles. The number of rotatable bonds is 2. The number of sulfonamides is 1. The van der Waals surface area contributed by atoms with E-state index in [0.29, 0.717) is 30.1 Å². The van der Waals surface area contributed by atoms with Crippen molar-refractivity contribution in [1.29, 1.82) is 0 Å². The quantitative estimate of drug-likeness (QED) is 0.906. The number of nitrogens with two attached hydrogens (primary N) is 1. The fourth-order valence-corrected chi connectivity index (χ4v) is 3.97. The monoisotopic (exact) mass is 310 g/mol. The van der Waals surface area contributed by atoms with Crippen LogP contribution < -0.4 is 5.73 Å². The van der Waals surface area contributed by atoms with Crippen LogP contribution in [0.1, 0.15) is 12.0 Å². The van der Waals surface area contributed by atoms with Crippen LogP contribution in [-0.4, -0.2) is 31.9 Å². The van der Waals surface area contributed by atoms with Gasteiger partial charge in [-0.25, -0.2) is 8.42 Å². The highest BCUT2D eigenvalue weighted by Gasteiger charge is 2.32. The van der Waals surface area contributed by atoms with Crippen molar-refractivity contribution >= 4 is 34.0 Å². The van der Waals surface area contributed by atoms with E-state index in [2.05, 4.69) is 0 Å². The molecule has 0 radical (unpaired) electrons. The van der Waals surface area contributed by atoms with Gasteiger partial charge in [0.15, 0.2) is 0 Å². The maximum Gasteiger partial charge on any atom is 0.243 e. The van der Waals surface area contributed by atoms with Crippen LogP contribution in [0.3, 0.4) is 0 Å². The molecule has 1 aromatic carbocycles. The Kier molecular flexibility index (Phi) is 5.03. The molecule has 102 valence electrons. The fourth-order valence-electron chi connectivity index (χ4n) is 1.98. The maximum absolute atomic E-state index is 12.4. The van der Waals surface area contributed by atoms with Gasteiger partial charge in [0.2, 0.25) is 10.0 Å². The summed E-state index contributed by atoms with van der Waals surface area (Å²) in [6, 6.07) is 4.86. The van der Waals surface area contributed by atoms with Crippen LogP contribution in [-0.2, 0) is 10.0 Å². The van der Waals surface area contributed by atoms with Gasteiger partial charge >= 0.3 is 0 Å². The highest BCUT2D eigenvalue weighted by molar-refractivity contribution is 7.89. The molecular weight excluding hydrogens is 295 g/mol. The molecule has 0 bridgehead atoms. The summed E-state index contributed by atoms with van der Waals surface area (Å²) in [5, 5.41) is 0.467. The second kappa shape index (κ2) is 5.75. The van der Waals surface area contributed by atoms with Crippen molar-refractivity contribution in [2.24, 2.45) is 5.73 Å². The van der Waals surface area contributed by atoms with E-state index in [1.54, 1.807) is 25.1 Å². The molecular formula is C11H16Cl2N2O2S. The Balaban J connectivity index is 0.00000162. The van der Waals surface area contributed by atoms with E-state index in [1.807, 2.05) is 0 Å². The van der Waals surface area contributed by atoms with E-state index in [1.165, 1.54) is 4.31 Å². The normalized spacial score (nSPS) is 20.7. The summed E-state index contributed by atoms with van der Waals surface area (Å²) < 4.78 is 26.2. The minimum atomic E-state index is -3.46. The lowest BCUT2D eigenvalue weighted by Gasteiger charge is -2.17. The molecule has 1 aromatic rings. The van der Waals surface area contributed by atoms with Gasteiger partial charge in [-0.05, 0) is 31.0 Å². The van der Waals surface area contributed by atoms with Crippen molar-refractivity contribution in [2.45, 2.75) is 24.3 Å². The lowest BCUT2D eigenvalue weighted by atomic mass is 10.2. The Morgan fingerprint density at radius 1 is 1.44 bits per heavy atom.